The van der Waals surface area contributed by atoms with Crippen molar-refractivity contribution in [3.8, 4) is 0 Å². The number of carbonyl (C=O) groups excluding carboxylic acids is 1. The van der Waals surface area contributed by atoms with Crippen molar-refractivity contribution in [2.45, 2.75) is 38.8 Å². The fourth-order valence-corrected chi connectivity index (χ4v) is 3.93. The number of halogens is 2. The molecule has 0 bridgehead atoms. The van der Waals surface area contributed by atoms with E-state index in [1.54, 1.807) is 16.7 Å². The molecule has 3 rings (SSSR count). The molecule has 0 fully saturated rings. The number of nitrogens with zero attached hydrogens (tertiary/aromatic N) is 1. The van der Waals surface area contributed by atoms with Gasteiger partial charge in [-0.15, -0.1) is 0 Å². The lowest BCUT2D eigenvalue weighted by Crippen LogP contribution is -2.23. The molecule has 0 aliphatic rings. The van der Waals surface area contributed by atoms with Gasteiger partial charge in [-0.25, -0.2) is 0 Å². The average molecular weight is 495 g/mol. The Morgan fingerprint density at radius 2 is 1.97 bits per heavy atom. The molecule has 1 heterocycles. The van der Waals surface area contributed by atoms with Crippen LogP contribution in [0.2, 0.25) is 5.02 Å². The number of aromatic nitrogens is 2. The van der Waals surface area contributed by atoms with Gasteiger partial charge in [0.2, 0.25) is 5.91 Å². The monoisotopic (exact) mass is 493 g/mol. The number of unbranched alkanes of at least 4 members (excludes halogenated alkanes) is 2. The molecule has 0 saturated carbocycles. The summed E-state index contributed by atoms with van der Waals surface area (Å²) in [6.07, 6.45) is 2.79. The van der Waals surface area contributed by atoms with Gasteiger partial charge in [-0.2, -0.15) is 0 Å². The number of H-pyrrole nitrogens is 1. The highest BCUT2D eigenvalue weighted by atomic mass is 79.9. The van der Waals surface area contributed by atoms with E-state index in [0.29, 0.717) is 34.7 Å². The predicted molar refractivity (Wildman–Crippen MR) is 123 cm³/mol. The molecule has 152 valence electrons. The lowest BCUT2D eigenvalue weighted by atomic mass is 10.1. The van der Waals surface area contributed by atoms with Gasteiger partial charge in [0, 0.05) is 29.0 Å². The third-order valence-corrected chi connectivity index (χ3v) is 5.85. The predicted octanol–water partition coefficient (Wildman–Crippen LogP) is 5.35. The van der Waals surface area contributed by atoms with Gasteiger partial charge < -0.3 is 10.3 Å². The van der Waals surface area contributed by atoms with Crippen molar-refractivity contribution >= 4 is 56.6 Å². The topological polar surface area (TPSA) is 66.9 Å². The molecule has 8 heteroatoms. The zero-order valence-corrected chi connectivity index (χ0v) is 18.9. The number of amides is 1. The maximum atomic E-state index is 12.7. The van der Waals surface area contributed by atoms with E-state index >= 15 is 0 Å². The largest absolute Gasteiger partial charge is 0.352 e. The Hall–Kier alpha value is -1.96. The number of fused-ring (bicyclic) bond motifs is 1. The van der Waals surface area contributed by atoms with E-state index in [2.05, 4.69) is 26.2 Å². The number of carbonyl (C=O) groups is 1. The molecule has 0 atom stereocenters. The first kappa shape index (κ1) is 21.7. The van der Waals surface area contributed by atoms with E-state index < -0.39 is 0 Å². The summed E-state index contributed by atoms with van der Waals surface area (Å²) in [7, 11) is 0. The SMILES string of the molecule is O=C(CCCCCn1c(=S)[nH]c2ccc(Br)cc2c1=O)NCc1ccccc1Cl. The Labute approximate surface area is 187 Å². The van der Waals surface area contributed by atoms with Crippen LogP contribution in [-0.2, 0) is 17.9 Å². The minimum absolute atomic E-state index is 0.00469. The van der Waals surface area contributed by atoms with Crippen LogP contribution in [0.3, 0.4) is 0 Å². The molecule has 5 nitrogen and oxygen atoms in total. The van der Waals surface area contributed by atoms with Crippen LogP contribution < -0.4 is 10.9 Å². The summed E-state index contributed by atoms with van der Waals surface area (Å²) in [5, 5.41) is 4.14. The van der Waals surface area contributed by atoms with Crippen molar-refractivity contribution in [2.24, 2.45) is 0 Å². The minimum Gasteiger partial charge on any atom is -0.352 e. The molecular formula is C21H21BrClN3O2S. The Kier molecular flexibility index (Phi) is 7.64. The Bertz CT molecular complexity index is 1140. The standard InChI is InChI=1S/C21H21BrClN3O2S/c22-15-9-10-18-16(12-15)20(28)26(21(29)25-18)11-5-1-2-8-19(27)24-13-14-6-3-4-7-17(14)23/h3-4,6-7,9-10,12H,1-2,5,8,11,13H2,(H,24,27)(H,25,29). The first-order valence-corrected chi connectivity index (χ1v) is 11.0. The molecule has 0 spiro atoms. The molecule has 2 aromatic carbocycles. The molecule has 3 aromatic rings. The first-order valence-electron chi connectivity index (χ1n) is 9.38. The van der Waals surface area contributed by atoms with Crippen LogP contribution in [-0.4, -0.2) is 15.5 Å². The number of rotatable bonds is 8. The summed E-state index contributed by atoms with van der Waals surface area (Å²) in [4.78, 5) is 27.8. The number of nitrogens with one attached hydrogen (secondary N) is 2. The van der Waals surface area contributed by atoms with E-state index in [4.69, 9.17) is 23.8 Å². The van der Waals surface area contributed by atoms with Crippen molar-refractivity contribution in [1.82, 2.24) is 14.9 Å². The van der Waals surface area contributed by atoms with E-state index in [1.165, 1.54) is 0 Å². The van der Waals surface area contributed by atoms with E-state index in [9.17, 15) is 9.59 Å². The minimum atomic E-state index is -0.0949. The van der Waals surface area contributed by atoms with Gasteiger partial charge in [-0.1, -0.05) is 52.2 Å². The highest BCUT2D eigenvalue weighted by Gasteiger charge is 2.07. The summed E-state index contributed by atoms with van der Waals surface area (Å²) < 4.78 is 2.85. The second kappa shape index (κ2) is 10.2. The molecule has 0 unspecified atom stereocenters. The maximum absolute atomic E-state index is 12.7. The quantitative estimate of drug-likeness (QED) is 0.328. The fraction of sp³-hybridized carbons (Fsp3) is 0.286. The van der Waals surface area contributed by atoms with Gasteiger partial charge in [-0.3, -0.25) is 14.2 Å². The lowest BCUT2D eigenvalue weighted by molar-refractivity contribution is -0.121. The Morgan fingerprint density at radius 3 is 2.76 bits per heavy atom. The van der Waals surface area contributed by atoms with Crippen LogP contribution in [0.1, 0.15) is 31.2 Å². The first-order chi connectivity index (χ1) is 14.0. The molecule has 0 aliphatic carbocycles. The van der Waals surface area contributed by atoms with Gasteiger partial charge in [0.15, 0.2) is 4.77 Å². The summed E-state index contributed by atoms with van der Waals surface area (Å²) in [5.74, 6) is -0.00469. The second-order valence-corrected chi connectivity index (χ2v) is 8.47. The van der Waals surface area contributed by atoms with Crippen molar-refractivity contribution in [3.05, 3.63) is 72.6 Å². The molecule has 2 N–H and O–H groups in total. The van der Waals surface area contributed by atoms with Gasteiger partial charge >= 0.3 is 0 Å². The lowest BCUT2D eigenvalue weighted by Gasteiger charge is -2.09. The van der Waals surface area contributed by atoms with Gasteiger partial charge in [0.05, 0.1) is 10.9 Å². The smallest absolute Gasteiger partial charge is 0.262 e. The van der Waals surface area contributed by atoms with Gasteiger partial charge in [0.1, 0.15) is 0 Å². The molecule has 1 aromatic heterocycles. The number of benzene rings is 2. The zero-order chi connectivity index (χ0) is 20.8. The Balaban J connectivity index is 1.47. The number of aromatic amines is 1. The third-order valence-electron chi connectivity index (χ3n) is 4.66. The van der Waals surface area contributed by atoms with Crippen LogP contribution in [0.25, 0.3) is 10.9 Å². The molecule has 0 radical (unpaired) electrons. The van der Waals surface area contributed by atoms with Crippen LogP contribution >= 0.6 is 39.7 Å². The highest BCUT2D eigenvalue weighted by molar-refractivity contribution is 9.10. The van der Waals surface area contributed by atoms with Crippen molar-refractivity contribution in [2.75, 3.05) is 0 Å². The summed E-state index contributed by atoms with van der Waals surface area (Å²) in [5.41, 5.74) is 1.54. The van der Waals surface area contributed by atoms with Gasteiger partial charge in [-0.05, 0) is 54.9 Å². The number of hydrogen-bond donors (Lipinski definition) is 2. The van der Waals surface area contributed by atoms with Crippen molar-refractivity contribution in [1.29, 1.82) is 0 Å². The molecule has 29 heavy (non-hydrogen) atoms. The Morgan fingerprint density at radius 1 is 1.17 bits per heavy atom. The van der Waals surface area contributed by atoms with Crippen molar-refractivity contribution < 1.29 is 4.79 Å². The molecular weight excluding hydrogens is 474 g/mol. The summed E-state index contributed by atoms with van der Waals surface area (Å²) in [6.45, 7) is 0.952. The summed E-state index contributed by atoms with van der Waals surface area (Å²) >= 11 is 14.8. The molecule has 0 aliphatic heterocycles. The van der Waals surface area contributed by atoms with Crippen LogP contribution in [0, 0.1) is 4.77 Å². The van der Waals surface area contributed by atoms with E-state index in [0.717, 1.165) is 34.8 Å². The molecule has 1 amide bonds. The van der Waals surface area contributed by atoms with Gasteiger partial charge in [0.25, 0.3) is 5.56 Å². The fourth-order valence-electron chi connectivity index (χ4n) is 3.08. The van der Waals surface area contributed by atoms with Crippen LogP contribution in [0.15, 0.2) is 51.7 Å². The second-order valence-electron chi connectivity index (χ2n) is 6.76. The molecule has 0 saturated heterocycles. The zero-order valence-electron chi connectivity index (χ0n) is 15.7. The summed E-state index contributed by atoms with van der Waals surface area (Å²) in [6, 6.07) is 13.0. The van der Waals surface area contributed by atoms with E-state index in [-0.39, 0.29) is 11.5 Å². The van der Waals surface area contributed by atoms with E-state index in [1.807, 2.05) is 30.3 Å². The average Bonchev–Trinajstić information content (AvgIpc) is 2.70. The van der Waals surface area contributed by atoms with Crippen LogP contribution in [0.4, 0.5) is 0 Å². The highest BCUT2D eigenvalue weighted by Crippen LogP contribution is 2.16. The van der Waals surface area contributed by atoms with Crippen molar-refractivity contribution in [3.63, 3.8) is 0 Å². The normalized spacial score (nSPS) is 11.0. The number of hydrogen-bond acceptors (Lipinski definition) is 3. The maximum Gasteiger partial charge on any atom is 0.262 e. The third kappa shape index (κ3) is 5.78. The van der Waals surface area contributed by atoms with Crippen LogP contribution in [0.5, 0.6) is 0 Å².